The Labute approximate surface area is 159 Å². The van der Waals surface area contributed by atoms with Crippen LogP contribution >= 0.6 is 15.9 Å². The Morgan fingerprint density at radius 2 is 1.88 bits per heavy atom. The van der Waals surface area contributed by atoms with Crippen LogP contribution in [0.2, 0.25) is 0 Å². The highest BCUT2D eigenvalue weighted by atomic mass is 79.9. The number of nitrogens with one attached hydrogen (secondary N) is 3. The van der Waals surface area contributed by atoms with Crippen LogP contribution < -0.4 is 16.2 Å². The molecule has 0 spiro atoms. The highest BCUT2D eigenvalue weighted by Crippen LogP contribution is 2.22. The summed E-state index contributed by atoms with van der Waals surface area (Å²) in [4.78, 5) is 25.4. The molecule has 2 aromatic rings. The van der Waals surface area contributed by atoms with Gasteiger partial charge in [0.25, 0.3) is 0 Å². The van der Waals surface area contributed by atoms with Gasteiger partial charge in [-0.15, -0.1) is 0 Å². The minimum atomic E-state index is -0.486. The summed E-state index contributed by atoms with van der Waals surface area (Å²) in [6.07, 6.45) is 0.191. The number of carbonyl (C=O) groups is 2. The summed E-state index contributed by atoms with van der Waals surface area (Å²) < 4.78 is 13.5. The molecule has 2 rings (SSSR count). The Bertz CT molecular complexity index is 758. The van der Waals surface area contributed by atoms with Gasteiger partial charge in [0.05, 0.1) is 5.69 Å². The number of halogens is 2. The first kappa shape index (κ1) is 19.7. The van der Waals surface area contributed by atoms with Crippen molar-refractivity contribution in [2.45, 2.75) is 13.0 Å². The maximum atomic E-state index is 13.0. The fraction of sp³-hybridized carbons (Fsp3) is 0.222. The number of benzene rings is 2. The van der Waals surface area contributed by atoms with E-state index in [0.717, 1.165) is 5.56 Å². The van der Waals surface area contributed by atoms with Gasteiger partial charge in [0.1, 0.15) is 5.82 Å². The second-order valence-corrected chi connectivity index (χ2v) is 6.47. The van der Waals surface area contributed by atoms with Crippen molar-refractivity contribution in [3.63, 3.8) is 0 Å². The quantitative estimate of drug-likeness (QED) is 0.599. The van der Waals surface area contributed by atoms with E-state index in [0.29, 0.717) is 16.7 Å². The second kappa shape index (κ2) is 9.76. The van der Waals surface area contributed by atoms with Gasteiger partial charge in [-0.2, -0.15) is 0 Å². The molecular formula is C18H20BrFN4O2. The fourth-order valence-electron chi connectivity index (χ4n) is 2.18. The second-order valence-electron chi connectivity index (χ2n) is 5.62. The Kier molecular flexibility index (Phi) is 7.40. The predicted molar refractivity (Wildman–Crippen MR) is 102 cm³/mol. The summed E-state index contributed by atoms with van der Waals surface area (Å²) in [5, 5.41) is 2.58. The van der Waals surface area contributed by atoms with Crippen LogP contribution in [0.15, 0.2) is 53.0 Å². The van der Waals surface area contributed by atoms with Crippen LogP contribution in [0.25, 0.3) is 0 Å². The van der Waals surface area contributed by atoms with Crippen molar-refractivity contribution in [1.29, 1.82) is 0 Å². The average molecular weight is 423 g/mol. The monoisotopic (exact) mass is 422 g/mol. The molecule has 0 bridgehead atoms. The third-order valence-corrected chi connectivity index (χ3v) is 4.21. The molecule has 0 unspecified atom stereocenters. The number of anilines is 1. The molecule has 0 aliphatic carbocycles. The van der Waals surface area contributed by atoms with Gasteiger partial charge >= 0.3 is 6.03 Å². The Morgan fingerprint density at radius 1 is 1.15 bits per heavy atom. The molecule has 0 aliphatic heterocycles. The highest BCUT2D eigenvalue weighted by molar-refractivity contribution is 9.10. The molecule has 0 heterocycles. The molecule has 0 saturated carbocycles. The lowest BCUT2D eigenvalue weighted by molar-refractivity contribution is -0.130. The number of urea groups is 1. The standard InChI is InChI=1S/C18H20BrFN4O2/c1-24(12-13-5-3-2-4-6-13)17(25)9-10-21-18(26)23-22-16-8-7-14(20)11-15(16)19/h2-8,11,22H,9-10,12H2,1H3,(H2,21,23,26). The van der Waals surface area contributed by atoms with Gasteiger partial charge in [0.2, 0.25) is 5.91 Å². The molecular weight excluding hydrogens is 403 g/mol. The Hall–Kier alpha value is -2.61. The van der Waals surface area contributed by atoms with Gasteiger partial charge in [-0.3, -0.25) is 15.6 Å². The largest absolute Gasteiger partial charge is 0.341 e. The zero-order valence-corrected chi connectivity index (χ0v) is 15.8. The third kappa shape index (κ3) is 6.36. The van der Waals surface area contributed by atoms with E-state index >= 15 is 0 Å². The Morgan fingerprint density at radius 3 is 2.58 bits per heavy atom. The van der Waals surface area contributed by atoms with Crippen molar-refractivity contribution in [3.05, 3.63) is 64.4 Å². The van der Waals surface area contributed by atoms with Crippen molar-refractivity contribution >= 4 is 33.6 Å². The molecule has 8 heteroatoms. The molecule has 0 saturated heterocycles. The van der Waals surface area contributed by atoms with Gasteiger partial charge < -0.3 is 10.2 Å². The van der Waals surface area contributed by atoms with E-state index in [1.54, 1.807) is 11.9 Å². The first-order chi connectivity index (χ1) is 12.5. The third-order valence-electron chi connectivity index (χ3n) is 3.55. The van der Waals surface area contributed by atoms with Gasteiger partial charge in [0.15, 0.2) is 0 Å². The van der Waals surface area contributed by atoms with Crippen molar-refractivity contribution in [2.75, 3.05) is 19.0 Å². The number of hydrogen-bond acceptors (Lipinski definition) is 3. The van der Waals surface area contributed by atoms with Crippen LogP contribution in [0.5, 0.6) is 0 Å². The fourth-order valence-corrected chi connectivity index (χ4v) is 2.63. The molecule has 0 aliphatic rings. The molecule has 26 heavy (non-hydrogen) atoms. The maximum Gasteiger partial charge on any atom is 0.333 e. The first-order valence-electron chi connectivity index (χ1n) is 7.98. The molecule has 6 nitrogen and oxygen atoms in total. The van der Waals surface area contributed by atoms with E-state index in [2.05, 4.69) is 32.1 Å². The van der Waals surface area contributed by atoms with Crippen LogP contribution in [0.1, 0.15) is 12.0 Å². The lowest BCUT2D eigenvalue weighted by Crippen LogP contribution is -2.40. The van der Waals surface area contributed by atoms with E-state index in [4.69, 9.17) is 0 Å². The van der Waals surface area contributed by atoms with Gasteiger partial charge in [0, 0.05) is 31.0 Å². The molecule has 0 radical (unpaired) electrons. The number of nitrogens with zero attached hydrogens (tertiary/aromatic N) is 1. The van der Waals surface area contributed by atoms with Crippen molar-refractivity contribution in [1.82, 2.24) is 15.6 Å². The normalized spacial score (nSPS) is 10.1. The molecule has 0 fully saturated rings. The first-order valence-corrected chi connectivity index (χ1v) is 8.78. The summed E-state index contributed by atoms with van der Waals surface area (Å²) in [5.74, 6) is -0.451. The van der Waals surface area contributed by atoms with E-state index < -0.39 is 6.03 Å². The van der Waals surface area contributed by atoms with Crippen LogP contribution in [-0.2, 0) is 11.3 Å². The molecule has 3 N–H and O–H groups in total. The van der Waals surface area contributed by atoms with Crippen LogP contribution in [0, 0.1) is 5.82 Å². The van der Waals surface area contributed by atoms with Gasteiger partial charge in [-0.1, -0.05) is 30.3 Å². The zero-order chi connectivity index (χ0) is 18.9. The van der Waals surface area contributed by atoms with Gasteiger partial charge in [-0.25, -0.2) is 9.18 Å². The average Bonchev–Trinajstić information content (AvgIpc) is 2.61. The molecule has 2 aromatic carbocycles. The maximum absolute atomic E-state index is 13.0. The molecule has 138 valence electrons. The number of hydrogen-bond donors (Lipinski definition) is 3. The minimum absolute atomic E-state index is 0.0663. The van der Waals surface area contributed by atoms with Crippen LogP contribution in [0.3, 0.4) is 0 Å². The number of rotatable bonds is 7. The Balaban J connectivity index is 1.68. The number of hydrazine groups is 1. The van der Waals surface area contributed by atoms with E-state index in [1.807, 2.05) is 30.3 Å². The van der Waals surface area contributed by atoms with E-state index in [-0.39, 0.29) is 24.7 Å². The van der Waals surface area contributed by atoms with E-state index in [9.17, 15) is 14.0 Å². The summed E-state index contributed by atoms with van der Waals surface area (Å²) >= 11 is 3.19. The molecule has 3 amide bonds. The lowest BCUT2D eigenvalue weighted by Gasteiger charge is -2.17. The van der Waals surface area contributed by atoms with E-state index in [1.165, 1.54) is 18.2 Å². The highest BCUT2D eigenvalue weighted by Gasteiger charge is 2.10. The predicted octanol–water partition coefficient (Wildman–Crippen LogP) is 3.26. The smallest absolute Gasteiger partial charge is 0.333 e. The summed E-state index contributed by atoms with van der Waals surface area (Å²) in [6, 6.07) is 13.2. The number of amides is 3. The topological polar surface area (TPSA) is 73.5 Å². The molecule has 0 atom stereocenters. The molecule has 0 aromatic heterocycles. The van der Waals surface area contributed by atoms with Crippen molar-refractivity contribution < 1.29 is 14.0 Å². The number of carbonyl (C=O) groups excluding carboxylic acids is 2. The summed E-state index contributed by atoms with van der Waals surface area (Å²) in [7, 11) is 1.73. The van der Waals surface area contributed by atoms with Crippen LogP contribution in [-0.4, -0.2) is 30.4 Å². The van der Waals surface area contributed by atoms with Gasteiger partial charge in [-0.05, 0) is 39.7 Å². The summed E-state index contributed by atoms with van der Waals surface area (Å²) in [5.41, 5.74) is 6.65. The minimum Gasteiger partial charge on any atom is -0.341 e. The lowest BCUT2D eigenvalue weighted by atomic mass is 10.2. The summed E-state index contributed by atoms with van der Waals surface area (Å²) in [6.45, 7) is 0.724. The van der Waals surface area contributed by atoms with Crippen molar-refractivity contribution in [2.24, 2.45) is 0 Å². The van der Waals surface area contributed by atoms with Crippen LogP contribution in [0.4, 0.5) is 14.9 Å². The van der Waals surface area contributed by atoms with Crippen molar-refractivity contribution in [3.8, 4) is 0 Å². The SMILES string of the molecule is CN(Cc1ccccc1)C(=O)CCNC(=O)NNc1ccc(F)cc1Br. The zero-order valence-electron chi connectivity index (χ0n) is 14.3.